The van der Waals surface area contributed by atoms with Crippen molar-refractivity contribution in [2.24, 2.45) is 0 Å². The largest absolute Gasteiger partial charge is 0.333 e. The van der Waals surface area contributed by atoms with Gasteiger partial charge in [0.15, 0.2) is 0 Å². The Morgan fingerprint density at radius 1 is 1.37 bits per heavy atom. The molecule has 0 bridgehead atoms. The minimum absolute atomic E-state index is 0.195. The molecule has 1 aromatic rings. The van der Waals surface area contributed by atoms with Gasteiger partial charge in [-0.1, -0.05) is 13.3 Å². The van der Waals surface area contributed by atoms with Gasteiger partial charge in [-0.25, -0.2) is 4.98 Å². The van der Waals surface area contributed by atoms with Crippen molar-refractivity contribution in [2.45, 2.75) is 65.2 Å². The Hall–Kier alpha value is -0.870. The number of rotatable bonds is 5. The number of fused-ring (bicyclic) bond motifs is 1. The fourth-order valence-electron chi connectivity index (χ4n) is 2.67. The summed E-state index contributed by atoms with van der Waals surface area (Å²) in [6, 6.07) is 0.620. The zero-order valence-electron chi connectivity index (χ0n) is 12.8. The Balaban J connectivity index is 1.96. The van der Waals surface area contributed by atoms with Crippen molar-refractivity contribution in [3.63, 3.8) is 0 Å². The molecule has 0 fully saturated rings. The van der Waals surface area contributed by atoms with E-state index in [1.807, 2.05) is 6.20 Å². The lowest BCUT2D eigenvalue weighted by Gasteiger charge is -2.36. The number of nitrogens with zero attached hydrogens (tertiary/aromatic N) is 3. The number of imidazole rings is 1. The molecule has 1 unspecified atom stereocenters. The molecule has 1 atom stereocenters. The van der Waals surface area contributed by atoms with Gasteiger partial charge >= 0.3 is 0 Å². The topological polar surface area (TPSA) is 33.1 Å². The van der Waals surface area contributed by atoms with Gasteiger partial charge in [-0.2, -0.15) is 0 Å². The molecular formula is C15H28N4. The van der Waals surface area contributed by atoms with E-state index < -0.39 is 0 Å². The average molecular weight is 264 g/mol. The molecule has 1 aliphatic rings. The Morgan fingerprint density at radius 2 is 2.16 bits per heavy atom. The van der Waals surface area contributed by atoms with Crippen LogP contribution in [0, 0.1) is 0 Å². The van der Waals surface area contributed by atoms with Gasteiger partial charge in [-0.3, -0.25) is 4.90 Å². The molecule has 19 heavy (non-hydrogen) atoms. The van der Waals surface area contributed by atoms with Gasteiger partial charge in [0.2, 0.25) is 0 Å². The van der Waals surface area contributed by atoms with Crippen LogP contribution in [0.5, 0.6) is 0 Å². The first-order chi connectivity index (χ1) is 8.99. The van der Waals surface area contributed by atoms with Crippen molar-refractivity contribution in [1.82, 2.24) is 19.8 Å². The third-order valence-electron chi connectivity index (χ3n) is 3.78. The summed E-state index contributed by atoms with van der Waals surface area (Å²) in [4.78, 5) is 7.05. The van der Waals surface area contributed by atoms with Gasteiger partial charge in [0.25, 0.3) is 0 Å². The molecule has 0 aliphatic carbocycles. The summed E-state index contributed by atoms with van der Waals surface area (Å²) < 4.78 is 2.27. The van der Waals surface area contributed by atoms with E-state index in [1.165, 1.54) is 18.7 Å². The Bertz CT molecular complexity index is 391. The van der Waals surface area contributed by atoms with Crippen LogP contribution in [0.25, 0.3) is 0 Å². The zero-order valence-corrected chi connectivity index (χ0v) is 12.8. The predicted molar refractivity (Wildman–Crippen MR) is 79.1 cm³/mol. The van der Waals surface area contributed by atoms with Gasteiger partial charge in [0.1, 0.15) is 5.82 Å². The summed E-state index contributed by atoms with van der Waals surface area (Å²) in [5, 5.41) is 3.65. The second-order valence-electron chi connectivity index (χ2n) is 6.58. The first kappa shape index (κ1) is 14.5. The molecule has 0 spiro atoms. The van der Waals surface area contributed by atoms with E-state index in [-0.39, 0.29) is 5.54 Å². The fourth-order valence-corrected chi connectivity index (χ4v) is 2.67. The number of hydrogen-bond donors (Lipinski definition) is 1. The van der Waals surface area contributed by atoms with Crippen molar-refractivity contribution in [1.29, 1.82) is 0 Å². The van der Waals surface area contributed by atoms with E-state index in [0.717, 1.165) is 26.2 Å². The molecule has 2 rings (SSSR count). The first-order valence-electron chi connectivity index (χ1n) is 7.48. The molecule has 108 valence electrons. The number of hydrogen-bond acceptors (Lipinski definition) is 3. The maximum Gasteiger partial charge on any atom is 0.122 e. The molecule has 1 N–H and O–H groups in total. The normalized spacial score (nSPS) is 18.3. The molecule has 4 nitrogen and oxygen atoms in total. The van der Waals surface area contributed by atoms with Crippen molar-refractivity contribution in [2.75, 3.05) is 13.1 Å². The molecule has 1 aromatic heterocycles. The van der Waals surface area contributed by atoms with Gasteiger partial charge < -0.3 is 9.88 Å². The quantitative estimate of drug-likeness (QED) is 0.885. The molecule has 0 saturated carbocycles. The molecule has 0 saturated heterocycles. The highest BCUT2D eigenvalue weighted by atomic mass is 15.3. The average Bonchev–Trinajstić information content (AvgIpc) is 2.80. The lowest BCUT2D eigenvalue weighted by Crippen LogP contribution is -2.49. The van der Waals surface area contributed by atoms with Gasteiger partial charge in [-0.15, -0.1) is 0 Å². The van der Waals surface area contributed by atoms with E-state index in [9.17, 15) is 0 Å². The first-order valence-corrected chi connectivity index (χ1v) is 7.48. The summed E-state index contributed by atoms with van der Waals surface area (Å²) in [5.41, 5.74) is 0.195. The number of aromatic nitrogens is 2. The highest BCUT2D eigenvalue weighted by molar-refractivity contribution is 4.97. The van der Waals surface area contributed by atoms with Crippen LogP contribution in [0.1, 0.15) is 46.4 Å². The van der Waals surface area contributed by atoms with Crippen LogP contribution in [-0.2, 0) is 13.1 Å². The Labute approximate surface area is 117 Å². The summed E-state index contributed by atoms with van der Waals surface area (Å²) in [6.45, 7) is 13.2. The monoisotopic (exact) mass is 264 g/mol. The van der Waals surface area contributed by atoms with Crippen molar-refractivity contribution >= 4 is 0 Å². The van der Waals surface area contributed by atoms with Gasteiger partial charge in [0, 0.05) is 43.6 Å². The van der Waals surface area contributed by atoms with Crippen molar-refractivity contribution in [3.05, 3.63) is 18.2 Å². The van der Waals surface area contributed by atoms with Crippen LogP contribution in [0.15, 0.2) is 12.4 Å². The highest BCUT2D eigenvalue weighted by Crippen LogP contribution is 2.16. The highest BCUT2D eigenvalue weighted by Gasteiger charge is 2.24. The summed E-state index contributed by atoms with van der Waals surface area (Å²) in [6.07, 6.45) is 6.50. The van der Waals surface area contributed by atoms with Gasteiger partial charge in [0.05, 0.1) is 6.54 Å². The van der Waals surface area contributed by atoms with E-state index in [4.69, 9.17) is 0 Å². The minimum atomic E-state index is 0.195. The minimum Gasteiger partial charge on any atom is -0.333 e. The third kappa shape index (κ3) is 4.05. The van der Waals surface area contributed by atoms with Crippen molar-refractivity contribution in [3.8, 4) is 0 Å². The van der Waals surface area contributed by atoms with Crippen LogP contribution in [0.3, 0.4) is 0 Å². The van der Waals surface area contributed by atoms with Crippen molar-refractivity contribution < 1.29 is 0 Å². The smallest absolute Gasteiger partial charge is 0.122 e. The van der Waals surface area contributed by atoms with E-state index in [1.54, 1.807) is 0 Å². The van der Waals surface area contributed by atoms with Crippen LogP contribution in [0.4, 0.5) is 0 Å². The molecule has 2 heterocycles. The SMILES string of the molecule is CCCC(CNC(C)(C)C)N1CCn2ccnc2C1. The van der Waals surface area contributed by atoms with E-state index in [0.29, 0.717) is 6.04 Å². The zero-order chi connectivity index (χ0) is 13.9. The van der Waals surface area contributed by atoms with Crippen LogP contribution in [0.2, 0.25) is 0 Å². The van der Waals surface area contributed by atoms with E-state index in [2.05, 4.69) is 53.7 Å². The summed E-state index contributed by atoms with van der Waals surface area (Å²) in [7, 11) is 0. The standard InChI is InChI=1S/C15H28N4/c1-5-6-13(11-17-15(2,3)4)19-10-9-18-8-7-16-14(18)12-19/h7-8,13,17H,5-6,9-12H2,1-4H3. The lowest BCUT2D eigenvalue weighted by atomic mass is 10.1. The summed E-state index contributed by atoms with van der Waals surface area (Å²) >= 11 is 0. The summed E-state index contributed by atoms with van der Waals surface area (Å²) in [5.74, 6) is 1.21. The second kappa shape index (κ2) is 6.06. The Kier molecular flexibility index (Phi) is 4.63. The molecule has 0 radical (unpaired) electrons. The Morgan fingerprint density at radius 3 is 2.84 bits per heavy atom. The predicted octanol–water partition coefficient (Wildman–Crippen LogP) is 2.26. The second-order valence-corrected chi connectivity index (χ2v) is 6.58. The molecule has 4 heteroatoms. The van der Waals surface area contributed by atoms with Crippen LogP contribution in [-0.4, -0.2) is 39.1 Å². The lowest BCUT2D eigenvalue weighted by molar-refractivity contribution is 0.135. The molecule has 0 aromatic carbocycles. The maximum absolute atomic E-state index is 4.46. The van der Waals surface area contributed by atoms with Crippen LogP contribution >= 0.6 is 0 Å². The molecule has 0 amide bonds. The molecular weight excluding hydrogens is 236 g/mol. The van der Waals surface area contributed by atoms with Gasteiger partial charge in [-0.05, 0) is 27.2 Å². The molecule has 1 aliphatic heterocycles. The van der Waals surface area contributed by atoms with Crippen LogP contribution < -0.4 is 5.32 Å². The maximum atomic E-state index is 4.46. The number of nitrogens with one attached hydrogen (secondary N) is 1. The van der Waals surface area contributed by atoms with E-state index >= 15 is 0 Å². The third-order valence-corrected chi connectivity index (χ3v) is 3.78. The fraction of sp³-hybridized carbons (Fsp3) is 0.800.